The van der Waals surface area contributed by atoms with Crippen molar-refractivity contribution in [2.24, 2.45) is 5.41 Å². The maximum Gasteiger partial charge on any atom is 0.251 e. The zero-order chi connectivity index (χ0) is 13.9. The van der Waals surface area contributed by atoms with Gasteiger partial charge in [0.2, 0.25) is 0 Å². The maximum atomic E-state index is 12.2. The first-order valence-electron chi connectivity index (χ1n) is 6.44. The van der Waals surface area contributed by atoms with E-state index in [4.69, 9.17) is 0 Å². The second-order valence-electron chi connectivity index (χ2n) is 5.43. The molecule has 104 valence electrons. The van der Waals surface area contributed by atoms with Gasteiger partial charge in [0.05, 0.1) is 0 Å². The van der Waals surface area contributed by atoms with Crippen LogP contribution in [0.2, 0.25) is 0 Å². The summed E-state index contributed by atoms with van der Waals surface area (Å²) in [5, 5.41) is 6.43. The molecule has 0 aliphatic carbocycles. The SMILES string of the molecule is CC1(CNC(=O)c2cc(Br)cc(Br)c2)CCCNC1. The number of halogens is 2. The Morgan fingerprint density at radius 2 is 2.05 bits per heavy atom. The predicted molar refractivity (Wildman–Crippen MR) is 84.4 cm³/mol. The van der Waals surface area contributed by atoms with E-state index in [9.17, 15) is 4.79 Å². The van der Waals surface area contributed by atoms with Crippen LogP contribution in [0.5, 0.6) is 0 Å². The predicted octanol–water partition coefficient (Wildman–Crippen LogP) is 3.33. The molecule has 0 saturated carbocycles. The third-order valence-corrected chi connectivity index (χ3v) is 4.40. The van der Waals surface area contributed by atoms with Crippen LogP contribution in [0.4, 0.5) is 0 Å². The average Bonchev–Trinajstić information content (AvgIpc) is 2.36. The Balaban J connectivity index is 1.97. The van der Waals surface area contributed by atoms with Gasteiger partial charge in [-0.2, -0.15) is 0 Å². The summed E-state index contributed by atoms with van der Waals surface area (Å²) in [5.74, 6) is -0.0196. The lowest BCUT2D eigenvalue weighted by atomic mass is 9.83. The summed E-state index contributed by atoms with van der Waals surface area (Å²) < 4.78 is 1.80. The van der Waals surface area contributed by atoms with Gasteiger partial charge in [0.1, 0.15) is 0 Å². The lowest BCUT2D eigenvalue weighted by Gasteiger charge is -2.34. The molecule has 0 aromatic heterocycles. The molecule has 3 nitrogen and oxygen atoms in total. The molecule has 1 unspecified atom stereocenters. The van der Waals surface area contributed by atoms with Crippen molar-refractivity contribution >= 4 is 37.8 Å². The molecular weight excluding hydrogens is 372 g/mol. The molecule has 1 aliphatic heterocycles. The molecular formula is C14H18Br2N2O. The van der Waals surface area contributed by atoms with Gasteiger partial charge in [-0.1, -0.05) is 38.8 Å². The third-order valence-electron chi connectivity index (χ3n) is 3.49. The second kappa shape index (κ2) is 6.37. The summed E-state index contributed by atoms with van der Waals surface area (Å²) in [7, 11) is 0. The Bertz CT molecular complexity index is 450. The van der Waals surface area contributed by atoms with Crippen LogP contribution in [0, 0.1) is 5.41 Å². The Hall–Kier alpha value is -0.390. The van der Waals surface area contributed by atoms with Crippen molar-refractivity contribution in [2.45, 2.75) is 19.8 Å². The van der Waals surface area contributed by atoms with Gasteiger partial charge in [-0.25, -0.2) is 0 Å². The largest absolute Gasteiger partial charge is 0.351 e. The van der Waals surface area contributed by atoms with Crippen LogP contribution < -0.4 is 10.6 Å². The molecule has 1 aromatic carbocycles. The zero-order valence-electron chi connectivity index (χ0n) is 10.9. The minimum Gasteiger partial charge on any atom is -0.351 e. The fourth-order valence-corrected chi connectivity index (χ4v) is 3.64. The Kier molecular flexibility index (Phi) is 5.03. The number of carbonyl (C=O) groups excluding carboxylic acids is 1. The summed E-state index contributed by atoms with van der Waals surface area (Å²) >= 11 is 6.80. The van der Waals surface area contributed by atoms with E-state index >= 15 is 0 Å². The summed E-state index contributed by atoms with van der Waals surface area (Å²) in [6, 6.07) is 5.59. The molecule has 1 heterocycles. The van der Waals surface area contributed by atoms with E-state index in [1.54, 1.807) is 0 Å². The van der Waals surface area contributed by atoms with Gasteiger partial charge in [-0.05, 0) is 43.0 Å². The van der Waals surface area contributed by atoms with E-state index in [-0.39, 0.29) is 11.3 Å². The molecule has 1 aromatic rings. The summed E-state index contributed by atoms with van der Waals surface area (Å²) in [6.45, 7) is 4.98. The van der Waals surface area contributed by atoms with Gasteiger partial charge in [0.25, 0.3) is 5.91 Å². The van der Waals surface area contributed by atoms with Gasteiger partial charge in [0.15, 0.2) is 0 Å². The molecule has 2 rings (SSSR count). The van der Waals surface area contributed by atoms with Crippen LogP contribution in [-0.4, -0.2) is 25.5 Å². The van der Waals surface area contributed by atoms with Crippen LogP contribution >= 0.6 is 31.9 Å². The normalized spacial score (nSPS) is 23.1. The molecule has 5 heteroatoms. The molecule has 2 N–H and O–H groups in total. The summed E-state index contributed by atoms with van der Waals surface area (Å²) in [4.78, 5) is 12.2. The fourth-order valence-electron chi connectivity index (χ4n) is 2.35. The van der Waals surface area contributed by atoms with Crippen molar-refractivity contribution in [3.05, 3.63) is 32.7 Å². The smallest absolute Gasteiger partial charge is 0.251 e. The first kappa shape index (κ1) is 15.0. The number of rotatable bonds is 3. The highest BCUT2D eigenvalue weighted by atomic mass is 79.9. The molecule has 19 heavy (non-hydrogen) atoms. The number of hydrogen-bond acceptors (Lipinski definition) is 2. The van der Waals surface area contributed by atoms with E-state index in [0.717, 1.165) is 28.5 Å². The number of amides is 1. The van der Waals surface area contributed by atoms with Gasteiger partial charge in [-0.15, -0.1) is 0 Å². The topological polar surface area (TPSA) is 41.1 Å². The van der Waals surface area contributed by atoms with Crippen molar-refractivity contribution in [3.8, 4) is 0 Å². The Morgan fingerprint density at radius 1 is 1.37 bits per heavy atom. The van der Waals surface area contributed by atoms with Crippen LogP contribution in [0.1, 0.15) is 30.1 Å². The minimum absolute atomic E-state index is 0.0196. The van der Waals surface area contributed by atoms with E-state index in [1.165, 1.54) is 6.42 Å². The number of piperidine rings is 1. The molecule has 1 fully saturated rings. The first-order valence-corrected chi connectivity index (χ1v) is 8.02. The lowest BCUT2D eigenvalue weighted by Crippen LogP contribution is -2.45. The van der Waals surface area contributed by atoms with Crippen LogP contribution in [-0.2, 0) is 0 Å². The zero-order valence-corrected chi connectivity index (χ0v) is 14.1. The third kappa shape index (κ3) is 4.29. The van der Waals surface area contributed by atoms with Crippen molar-refractivity contribution in [1.29, 1.82) is 0 Å². The minimum atomic E-state index is -0.0196. The molecule has 0 bridgehead atoms. The molecule has 0 spiro atoms. The van der Waals surface area contributed by atoms with Crippen molar-refractivity contribution in [1.82, 2.24) is 10.6 Å². The monoisotopic (exact) mass is 388 g/mol. The van der Waals surface area contributed by atoms with E-state index in [2.05, 4.69) is 49.4 Å². The van der Waals surface area contributed by atoms with Crippen LogP contribution in [0.25, 0.3) is 0 Å². The number of benzene rings is 1. The quantitative estimate of drug-likeness (QED) is 0.832. The van der Waals surface area contributed by atoms with E-state index < -0.39 is 0 Å². The molecule has 1 amide bonds. The van der Waals surface area contributed by atoms with Crippen LogP contribution in [0.15, 0.2) is 27.1 Å². The fraction of sp³-hybridized carbons (Fsp3) is 0.500. The molecule has 1 atom stereocenters. The highest BCUT2D eigenvalue weighted by molar-refractivity contribution is 9.11. The Morgan fingerprint density at radius 3 is 2.63 bits per heavy atom. The molecule has 0 radical (unpaired) electrons. The van der Waals surface area contributed by atoms with E-state index in [0.29, 0.717) is 12.1 Å². The molecule has 1 saturated heterocycles. The van der Waals surface area contributed by atoms with Crippen molar-refractivity contribution < 1.29 is 4.79 Å². The average molecular weight is 390 g/mol. The number of nitrogens with one attached hydrogen (secondary N) is 2. The van der Waals surface area contributed by atoms with Crippen molar-refractivity contribution in [3.63, 3.8) is 0 Å². The van der Waals surface area contributed by atoms with E-state index in [1.807, 2.05) is 18.2 Å². The number of carbonyl (C=O) groups is 1. The standard InChI is InChI=1S/C14H18Br2N2O/c1-14(3-2-4-17-8-14)9-18-13(19)10-5-11(15)7-12(16)6-10/h5-7,17H,2-4,8-9H2,1H3,(H,18,19). The second-order valence-corrected chi connectivity index (χ2v) is 7.26. The van der Waals surface area contributed by atoms with Gasteiger partial charge in [0, 0.05) is 27.6 Å². The highest BCUT2D eigenvalue weighted by Crippen LogP contribution is 2.25. The summed E-state index contributed by atoms with van der Waals surface area (Å²) in [5.41, 5.74) is 0.838. The summed E-state index contributed by atoms with van der Waals surface area (Å²) in [6.07, 6.45) is 2.33. The lowest BCUT2D eigenvalue weighted by molar-refractivity contribution is 0.0924. The highest BCUT2D eigenvalue weighted by Gasteiger charge is 2.27. The van der Waals surface area contributed by atoms with Gasteiger partial charge >= 0.3 is 0 Å². The van der Waals surface area contributed by atoms with Gasteiger partial charge in [-0.3, -0.25) is 4.79 Å². The van der Waals surface area contributed by atoms with Gasteiger partial charge < -0.3 is 10.6 Å². The first-order chi connectivity index (χ1) is 8.98. The number of hydrogen-bond donors (Lipinski definition) is 2. The van der Waals surface area contributed by atoms with Crippen molar-refractivity contribution in [2.75, 3.05) is 19.6 Å². The van der Waals surface area contributed by atoms with Crippen LogP contribution in [0.3, 0.4) is 0 Å². The Labute approximate surface area is 130 Å². The maximum absolute atomic E-state index is 12.2. The molecule has 1 aliphatic rings.